The van der Waals surface area contributed by atoms with Crippen LogP contribution in [0.25, 0.3) is 0 Å². The van der Waals surface area contributed by atoms with Crippen LogP contribution in [-0.4, -0.2) is 60.1 Å². The lowest BCUT2D eigenvalue weighted by molar-refractivity contribution is 0.122. The quantitative estimate of drug-likeness (QED) is 0.862. The van der Waals surface area contributed by atoms with Gasteiger partial charge in [0.25, 0.3) is 0 Å². The molecule has 4 rings (SSSR count). The molecular weight excluding hydrogens is 362 g/mol. The molecule has 2 fully saturated rings. The van der Waals surface area contributed by atoms with Crippen molar-refractivity contribution in [3.05, 3.63) is 47.2 Å². The smallest absolute Gasteiger partial charge is 0.131 e. The molecule has 148 valence electrons. The van der Waals surface area contributed by atoms with Crippen LogP contribution in [-0.2, 0) is 18.3 Å². The highest BCUT2D eigenvalue weighted by atomic mass is 35.5. The van der Waals surface area contributed by atoms with Gasteiger partial charge < -0.3 is 15.4 Å². The third-order valence-electron chi connectivity index (χ3n) is 5.67. The molecule has 27 heavy (non-hydrogen) atoms. The van der Waals surface area contributed by atoms with Crippen molar-refractivity contribution >= 4 is 18.2 Å². The van der Waals surface area contributed by atoms with Gasteiger partial charge in [0, 0.05) is 57.3 Å². The summed E-state index contributed by atoms with van der Waals surface area (Å²) in [6.07, 6.45) is 0. The third kappa shape index (κ3) is 4.14. The minimum atomic E-state index is 0. The minimum Gasteiger partial charge on any atom is -0.378 e. The predicted molar refractivity (Wildman–Crippen MR) is 111 cm³/mol. The highest BCUT2D eigenvalue weighted by Crippen LogP contribution is 2.31. The van der Waals surface area contributed by atoms with Gasteiger partial charge >= 0.3 is 0 Å². The normalized spacial score (nSPS) is 23.4. The molecule has 0 bridgehead atoms. The van der Waals surface area contributed by atoms with Crippen molar-refractivity contribution in [3.8, 4) is 0 Å². The summed E-state index contributed by atoms with van der Waals surface area (Å²) in [4.78, 5) is 4.89. The summed E-state index contributed by atoms with van der Waals surface area (Å²) in [6, 6.07) is 10.8. The van der Waals surface area contributed by atoms with Crippen LogP contribution in [0, 0.1) is 6.92 Å². The molecule has 0 saturated carbocycles. The van der Waals surface area contributed by atoms with E-state index in [2.05, 4.69) is 47.1 Å². The van der Waals surface area contributed by atoms with E-state index in [1.807, 2.05) is 11.7 Å². The predicted octanol–water partition coefficient (Wildman–Crippen LogP) is 1.91. The van der Waals surface area contributed by atoms with Crippen molar-refractivity contribution in [3.63, 3.8) is 0 Å². The third-order valence-corrected chi connectivity index (χ3v) is 5.67. The van der Waals surface area contributed by atoms with Gasteiger partial charge in [0.1, 0.15) is 5.82 Å². The number of hydrogen-bond donors (Lipinski definition) is 1. The molecule has 1 aromatic heterocycles. The monoisotopic (exact) mass is 391 g/mol. The Kier molecular flexibility index (Phi) is 6.42. The Morgan fingerprint density at radius 3 is 2.56 bits per heavy atom. The summed E-state index contributed by atoms with van der Waals surface area (Å²) < 4.78 is 7.55. The zero-order valence-electron chi connectivity index (χ0n) is 16.2. The second-order valence-corrected chi connectivity index (χ2v) is 7.49. The second kappa shape index (κ2) is 8.61. The van der Waals surface area contributed by atoms with E-state index in [0.29, 0.717) is 5.92 Å². The first-order valence-electron chi connectivity index (χ1n) is 9.51. The number of morpholine rings is 1. The van der Waals surface area contributed by atoms with Crippen molar-refractivity contribution < 1.29 is 4.74 Å². The molecule has 6 nitrogen and oxygen atoms in total. The molecule has 1 aromatic carbocycles. The standard InChI is InChI=1S/C20H29N5O.ClH/c1-15-17(20(23(2)22-15)25-8-10-26-11-9-25)12-24-13-18(19(21)14-24)16-6-4-3-5-7-16;/h3-7,18-19H,8-14,21H2,1-2H3;1H/t18-,19+;/m0./s1. The summed E-state index contributed by atoms with van der Waals surface area (Å²) in [7, 11) is 2.05. The van der Waals surface area contributed by atoms with E-state index in [1.165, 1.54) is 16.9 Å². The van der Waals surface area contributed by atoms with Crippen LogP contribution in [0.1, 0.15) is 22.7 Å². The Bertz CT molecular complexity index is 744. The molecular formula is C20H30ClN5O. The Morgan fingerprint density at radius 1 is 1.15 bits per heavy atom. The van der Waals surface area contributed by atoms with E-state index in [-0.39, 0.29) is 18.4 Å². The van der Waals surface area contributed by atoms with Crippen LogP contribution in [0.15, 0.2) is 30.3 Å². The van der Waals surface area contributed by atoms with E-state index in [1.54, 1.807) is 0 Å². The Labute approximate surface area is 167 Å². The zero-order valence-corrected chi connectivity index (χ0v) is 17.0. The molecule has 2 aromatic rings. The molecule has 0 aliphatic carbocycles. The van der Waals surface area contributed by atoms with E-state index in [0.717, 1.165) is 51.6 Å². The van der Waals surface area contributed by atoms with Gasteiger partial charge in [0.05, 0.1) is 18.9 Å². The molecule has 0 unspecified atom stereocenters. The molecule has 0 radical (unpaired) electrons. The number of anilines is 1. The van der Waals surface area contributed by atoms with E-state index in [4.69, 9.17) is 15.6 Å². The molecule has 2 N–H and O–H groups in total. The lowest BCUT2D eigenvalue weighted by atomic mass is 9.95. The van der Waals surface area contributed by atoms with E-state index >= 15 is 0 Å². The fourth-order valence-electron chi connectivity index (χ4n) is 4.36. The first kappa shape index (κ1) is 20.1. The Hall–Kier alpha value is -1.60. The summed E-state index contributed by atoms with van der Waals surface area (Å²) in [5.74, 6) is 1.64. The fourth-order valence-corrected chi connectivity index (χ4v) is 4.36. The SMILES string of the molecule is Cc1nn(C)c(N2CCOCC2)c1CN1C[C@@H](N)[C@H](c2ccccc2)C1.Cl. The van der Waals surface area contributed by atoms with Gasteiger partial charge in [-0.2, -0.15) is 5.10 Å². The maximum atomic E-state index is 6.49. The first-order valence-corrected chi connectivity index (χ1v) is 9.51. The molecule has 7 heteroatoms. The lowest BCUT2D eigenvalue weighted by Gasteiger charge is -2.30. The number of aryl methyl sites for hydroxylation is 2. The van der Waals surface area contributed by atoms with E-state index in [9.17, 15) is 0 Å². The number of halogens is 1. The average Bonchev–Trinajstić information content (AvgIpc) is 3.16. The number of aromatic nitrogens is 2. The number of nitrogens with two attached hydrogens (primary N) is 1. The van der Waals surface area contributed by atoms with Gasteiger partial charge in [-0.3, -0.25) is 9.58 Å². The zero-order chi connectivity index (χ0) is 18.1. The molecule has 2 atom stereocenters. The van der Waals surface area contributed by atoms with Crippen LogP contribution < -0.4 is 10.6 Å². The fraction of sp³-hybridized carbons (Fsp3) is 0.550. The van der Waals surface area contributed by atoms with Crippen LogP contribution in [0.3, 0.4) is 0 Å². The van der Waals surface area contributed by atoms with Crippen LogP contribution in [0.5, 0.6) is 0 Å². The van der Waals surface area contributed by atoms with Crippen molar-refractivity contribution in [2.45, 2.75) is 25.4 Å². The minimum absolute atomic E-state index is 0. The topological polar surface area (TPSA) is 59.5 Å². The Morgan fingerprint density at radius 2 is 1.85 bits per heavy atom. The van der Waals surface area contributed by atoms with Gasteiger partial charge in [0.2, 0.25) is 0 Å². The number of ether oxygens (including phenoxy) is 1. The number of rotatable bonds is 4. The van der Waals surface area contributed by atoms with Gasteiger partial charge in [-0.1, -0.05) is 30.3 Å². The number of likely N-dealkylation sites (tertiary alicyclic amines) is 1. The Balaban J connectivity index is 0.00000210. The van der Waals surface area contributed by atoms with Crippen molar-refractivity contribution in [1.82, 2.24) is 14.7 Å². The lowest BCUT2D eigenvalue weighted by Crippen LogP contribution is -2.38. The van der Waals surface area contributed by atoms with Crippen LogP contribution in [0.2, 0.25) is 0 Å². The van der Waals surface area contributed by atoms with Gasteiger partial charge in [-0.15, -0.1) is 12.4 Å². The molecule has 2 aliphatic heterocycles. The maximum Gasteiger partial charge on any atom is 0.131 e. The number of nitrogens with zero attached hydrogens (tertiary/aromatic N) is 4. The highest BCUT2D eigenvalue weighted by Gasteiger charge is 2.32. The second-order valence-electron chi connectivity index (χ2n) is 7.49. The van der Waals surface area contributed by atoms with Crippen molar-refractivity contribution in [2.24, 2.45) is 12.8 Å². The first-order chi connectivity index (χ1) is 12.6. The molecule has 0 spiro atoms. The van der Waals surface area contributed by atoms with Crippen LogP contribution >= 0.6 is 12.4 Å². The maximum absolute atomic E-state index is 6.49. The van der Waals surface area contributed by atoms with Gasteiger partial charge in [-0.25, -0.2) is 0 Å². The molecule has 2 aliphatic rings. The summed E-state index contributed by atoms with van der Waals surface area (Å²) in [6.45, 7) is 8.38. The van der Waals surface area contributed by atoms with Gasteiger partial charge in [0.15, 0.2) is 0 Å². The van der Waals surface area contributed by atoms with Gasteiger partial charge in [-0.05, 0) is 12.5 Å². The number of benzene rings is 1. The highest BCUT2D eigenvalue weighted by molar-refractivity contribution is 5.85. The molecule has 3 heterocycles. The molecule has 2 saturated heterocycles. The molecule has 0 amide bonds. The average molecular weight is 392 g/mol. The van der Waals surface area contributed by atoms with Crippen molar-refractivity contribution in [2.75, 3.05) is 44.3 Å². The summed E-state index contributed by atoms with van der Waals surface area (Å²) >= 11 is 0. The number of hydrogen-bond acceptors (Lipinski definition) is 5. The van der Waals surface area contributed by atoms with E-state index < -0.39 is 0 Å². The summed E-state index contributed by atoms with van der Waals surface area (Å²) in [5, 5.41) is 4.70. The largest absolute Gasteiger partial charge is 0.378 e. The van der Waals surface area contributed by atoms with Crippen molar-refractivity contribution in [1.29, 1.82) is 0 Å². The van der Waals surface area contributed by atoms with Crippen LogP contribution in [0.4, 0.5) is 5.82 Å². The summed E-state index contributed by atoms with van der Waals surface area (Å²) in [5.41, 5.74) is 10.3.